The summed E-state index contributed by atoms with van der Waals surface area (Å²) in [4.78, 5) is 22.9. The molecule has 1 aromatic carbocycles. The van der Waals surface area contributed by atoms with Gasteiger partial charge in [-0.05, 0) is 24.6 Å². The number of halogens is 4. The van der Waals surface area contributed by atoms with Crippen molar-refractivity contribution in [3.05, 3.63) is 53.1 Å². The first kappa shape index (κ1) is 18.3. The van der Waals surface area contributed by atoms with Crippen LogP contribution in [0.15, 0.2) is 35.6 Å². The van der Waals surface area contributed by atoms with Gasteiger partial charge in [0.25, 0.3) is 0 Å². The number of carbonyl (C=O) groups excluding carboxylic acids is 1. The summed E-state index contributed by atoms with van der Waals surface area (Å²) in [6.45, 7) is 1.35. The molecule has 1 aromatic heterocycles. The van der Waals surface area contributed by atoms with Crippen LogP contribution in [-0.2, 0) is 10.9 Å². The Morgan fingerprint density at radius 3 is 2.56 bits per heavy atom. The molecular weight excluding hydrogens is 346 g/mol. The predicted octanol–water partition coefficient (Wildman–Crippen LogP) is 3.22. The van der Waals surface area contributed by atoms with Crippen LogP contribution >= 0.6 is 0 Å². The number of esters is 1. The number of rotatable bonds is 5. The number of benzene rings is 1. The quantitative estimate of drug-likeness (QED) is 0.356. The molecule has 0 radical (unpaired) electrons. The molecule has 132 valence electrons. The van der Waals surface area contributed by atoms with Crippen LogP contribution in [0.3, 0.4) is 0 Å². The van der Waals surface area contributed by atoms with Gasteiger partial charge in [-0.25, -0.2) is 14.2 Å². The van der Waals surface area contributed by atoms with Gasteiger partial charge in [-0.2, -0.15) is 18.2 Å². The first-order valence-electron chi connectivity index (χ1n) is 6.88. The van der Waals surface area contributed by atoms with Gasteiger partial charge < -0.3 is 9.57 Å². The van der Waals surface area contributed by atoms with Crippen molar-refractivity contribution in [1.29, 1.82) is 0 Å². The second kappa shape index (κ2) is 7.69. The van der Waals surface area contributed by atoms with Gasteiger partial charge in [-0.3, -0.25) is 0 Å². The minimum absolute atomic E-state index is 0.101. The average Bonchev–Trinajstić information content (AvgIpc) is 2.56. The smallest absolute Gasteiger partial charge is 0.434 e. The topological polar surface area (TPSA) is 73.7 Å². The fourth-order valence-corrected chi connectivity index (χ4v) is 1.67. The van der Waals surface area contributed by atoms with Crippen LogP contribution in [0.2, 0.25) is 0 Å². The van der Waals surface area contributed by atoms with Crippen molar-refractivity contribution in [2.45, 2.75) is 13.1 Å². The summed E-state index contributed by atoms with van der Waals surface area (Å²) in [5.41, 5.74) is -1.88. The first-order valence-corrected chi connectivity index (χ1v) is 6.88. The zero-order valence-electron chi connectivity index (χ0n) is 12.7. The third-order valence-electron chi connectivity index (χ3n) is 2.74. The fraction of sp³-hybridized carbons (Fsp3) is 0.200. The van der Waals surface area contributed by atoms with Gasteiger partial charge in [0.15, 0.2) is 5.69 Å². The van der Waals surface area contributed by atoms with Gasteiger partial charge in [-0.15, -0.1) is 0 Å². The highest BCUT2D eigenvalue weighted by Gasteiger charge is 2.39. The van der Waals surface area contributed by atoms with Crippen LogP contribution in [0.25, 0.3) is 0 Å². The van der Waals surface area contributed by atoms with E-state index in [1.165, 1.54) is 31.2 Å². The molecule has 1 heterocycles. The molecule has 0 saturated carbocycles. The zero-order valence-corrected chi connectivity index (χ0v) is 12.7. The van der Waals surface area contributed by atoms with Gasteiger partial charge >= 0.3 is 18.2 Å². The standard InChI is InChI=1S/C15H11F4N3O3/c1-2-24-13(23)11-8-20-14(22-12(11)15(17,18)19)25-21-7-9-3-5-10(16)6-4-9/h3-8H,2H2,1H3/b21-7-. The lowest BCUT2D eigenvalue weighted by molar-refractivity contribution is -0.142. The van der Waals surface area contributed by atoms with E-state index in [4.69, 9.17) is 0 Å². The van der Waals surface area contributed by atoms with E-state index in [0.717, 1.165) is 6.21 Å². The summed E-state index contributed by atoms with van der Waals surface area (Å²) in [5, 5.41) is 3.42. The van der Waals surface area contributed by atoms with E-state index >= 15 is 0 Å². The van der Waals surface area contributed by atoms with Crippen LogP contribution in [0.4, 0.5) is 17.6 Å². The average molecular weight is 357 g/mol. The molecule has 0 bridgehead atoms. The highest BCUT2D eigenvalue weighted by Crippen LogP contribution is 2.31. The van der Waals surface area contributed by atoms with Crippen LogP contribution in [0, 0.1) is 5.82 Å². The van der Waals surface area contributed by atoms with Gasteiger partial charge in [0.1, 0.15) is 11.4 Å². The van der Waals surface area contributed by atoms with Crippen molar-refractivity contribution in [3.63, 3.8) is 0 Å². The molecule has 0 fully saturated rings. The number of ether oxygens (including phenoxy) is 1. The molecule has 0 spiro atoms. The summed E-state index contributed by atoms with van der Waals surface area (Å²) in [6.07, 6.45) is -3.13. The maximum absolute atomic E-state index is 13.0. The molecule has 0 aliphatic carbocycles. The maximum atomic E-state index is 13.0. The van der Waals surface area contributed by atoms with E-state index in [2.05, 4.69) is 24.7 Å². The van der Waals surface area contributed by atoms with Crippen molar-refractivity contribution in [2.24, 2.45) is 5.16 Å². The van der Waals surface area contributed by atoms with E-state index in [9.17, 15) is 22.4 Å². The Morgan fingerprint density at radius 1 is 1.28 bits per heavy atom. The minimum Gasteiger partial charge on any atom is -0.462 e. The molecule has 0 aliphatic heterocycles. The third-order valence-corrected chi connectivity index (χ3v) is 2.74. The molecule has 10 heteroatoms. The van der Waals surface area contributed by atoms with Crippen molar-refractivity contribution in [1.82, 2.24) is 9.97 Å². The molecule has 0 amide bonds. The Bertz CT molecular complexity index is 777. The highest BCUT2D eigenvalue weighted by atomic mass is 19.4. The monoisotopic (exact) mass is 357 g/mol. The number of hydrogen-bond donors (Lipinski definition) is 0. The Morgan fingerprint density at radius 2 is 1.96 bits per heavy atom. The van der Waals surface area contributed by atoms with Crippen molar-refractivity contribution < 1.29 is 31.9 Å². The molecule has 6 nitrogen and oxygen atoms in total. The summed E-state index contributed by atoms with van der Waals surface area (Å²) < 4.78 is 56.4. The van der Waals surface area contributed by atoms with E-state index in [0.29, 0.717) is 11.8 Å². The lowest BCUT2D eigenvalue weighted by Gasteiger charge is -2.10. The van der Waals surface area contributed by atoms with Crippen LogP contribution in [0.1, 0.15) is 28.5 Å². The Hall–Kier alpha value is -3.04. The third kappa shape index (κ3) is 4.96. The maximum Gasteiger partial charge on any atom is 0.434 e. The Balaban J connectivity index is 2.21. The molecular formula is C15H11F4N3O3. The number of carbonyl (C=O) groups is 1. The van der Waals surface area contributed by atoms with Gasteiger partial charge in [0, 0.05) is 6.20 Å². The summed E-state index contributed by atoms with van der Waals surface area (Å²) >= 11 is 0. The van der Waals surface area contributed by atoms with Crippen LogP contribution in [0.5, 0.6) is 6.01 Å². The van der Waals surface area contributed by atoms with Crippen molar-refractivity contribution >= 4 is 12.2 Å². The number of hydrogen-bond acceptors (Lipinski definition) is 6. The minimum atomic E-state index is -4.91. The van der Waals surface area contributed by atoms with Crippen molar-refractivity contribution in [2.75, 3.05) is 6.61 Å². The zero-order chi connectivity index (χ0) is 18.4. The van der Waals surface area contributed by atoms with E-state index in [1.807, 2.05) is 0 Å². The van der Waals surface area contributed by atoms with E-state index in [-0.39, 0.29) is 6.61 Å². The lowest BCUT2D eigenvalue weighted by Crippen LogP contribution is -2.18. The lowest BCUT2D eigenvalue weighted by atomic mass is 10.2. The Labute approximate surface area is 139 Å². The van der Waals surface area contributed by atoms with Gasteiger partial charge in [0.2, 0.25) is 0 Å². The van der Waals surface area contributed by atoms with Crippen LogP contribution in [-0.4, -0.2) is 28.8 Å². The molecule has 0 atom stereocenters. The summed E-state index contributed by atoms with van der Waals surface area (Å²) in [7, 11) is 0. The number of nitrogens with zero attached hydrogens (tertiary/aromatic N) is 3. The number of aromatic nitrogens is 2. The van der Waals surface area contributed by atoms with Gasteiger partial charge in [-0.1, -0.05) is 17.3 Å². The Kier molecular flexibility index (Phi) is 5.63. The molecule has 2 aromatic rings. The summed E-state index contributed by atoms with van der Waals surface area (Å²) in [5.74, 6) is -1.65. The molecule has 0 unspecified atom stereocenters. The predicted molar refractivity (Wildman–Crippen MR) is 77.6 cm³/mol. The molecule has 0 aliphatic rings. The summed E-state index contributed by atoms with van der Waals surface area (Å²) in [6, 6.07) is 4.41. The molecule has 0 saturated heterocycles. The number of alkyl halides is 3. The van der Waals surface area contributed by atoms with E-state index in [1.54, 1.807) is 0 Å². The highest BCUT2D eigenvalue weighted by molar-refractivity contribution is 5.90. The largest absolute Gasteiger partial charge is 0.462 e. The molecule has 2 rings (SSSR count). The number of oxime groups is 1. The first-order chi connectivity index (χ1) is 11.8. The SMILES string of the molecule is CCOC(=O)c1cnc(O/N=C\c2ccc(F)cc2)nc1C(F)(F)F. The van der Waals surface area contributed by atoms with Gasteiger partial charge in [0.05, 0.1) is 12.8 Å². The normalized spacial score (nSPS) is 11.6. The van der Waals surface area contributed by atoms with Crippen molar-refractivity contribution in [3.8, 4) is 6.01 Å². The second-order valence-corrected chi connectivity index (χ2v) is 4.51. The van der Waals surface area contributed by atoms with E-state index < -0.39 is 35.2 Å². The second-order valence-electron chi connectivity index (χ2n) is 4.51. The van der Waals surface area contributed by atoms with Crippen LogP contribution < -0.4 is 4.84 Å². The molecule has 0 N–H and O–H groups in total. The fourth-order valence-electron chi connectivity index (χ4n) is 1.67. The molecule has 25 heavy (non-hydrogen) atoms.